The topological polar surface area (TPSA) is 73.8 Å². The highest BCUT2D eigenvalue weighted by Crippen LogP contribution is 2.32. The molecular formula is C20H15N7S. The van der Waals surface area contributed by atoms with Gasteiger partial charge in [-0.15, -0.1) is 14.8 Å². The zero-order valence-corrected chi connectivity index (χ0v) is 15.8. The zero-order chi connectivity index (χ0) is 18.9. The maximum absolute atomic E-state index is 4.68. The van der Waals surface area contributed by atoms with E-state index in [4.69, 9.17) is 0 Å². The van der Waals surface area contributed by atoms with Crippen molar-refractivity contribution >= 4 is 17.4 Å². The highest BCUT2D eigenvalue weighted by Gasteiger charge is 2.16. The maximum Gasteiger partial charge on any atom is 0.200 e. The van der Waals surface area contributed by atoms with Crippen molar-refractivity contribution in [2.45, 2.75) is 17.1 Å². The monoisotopic (exact) mass is 385 g/mol. The molecule has 0 bridgehead atoms. The second kappa shape index (κ2) is 6.90. The Morgan fingerprint density at radius 2 is 1.71 bits per heavy atom. The van der Waals surface area contributed by atoms with Gasteiger partial charge in [0.2, 0.25) is 0 Å². The minimum atomic E-state index is 0.608. The Bertz CT molecular complexity index is 1240. The van der Waals surface area contributed by atoms with Crippen molar-refractivity contribution in [1.82, 2.24) is 34.8 Å². The molecule has 0 amide bonds. The first-order valence-corrected chi connectivity index (χ1v) is 9.53. The average Bonchev–Trinajstić information content (AvgIpc) is 3.36. The molecule has 5 aromatic rings. The minimum Gasteiger partial charge on any atom is -0.287 e. The molecule has 0 spiro atoms. The van der Waals surface area contributed by atoms with E-state index in [9.17, 15) is 0 Å². The normalized spacial score (nSPS) is 11.2. The third-order valence-corrected chi connectivity index (χ3v) is 5.23. The maximum atomic E-state index is 4.68. The summed E-state index contributed by atoms with van der Waals surface area (Å²) in [5, 5.41) is 17.4. The predicted octanol–water partition coefficient (Wildman–Crippen LogP) is 3.83. The molecule has 0 radical (unpaired) electrons. The van der Waals surface area contributed by atoms with Gasteiger partial charge in [0.25, 0.3) is 0 Å². The quantitative estimate of drug-likeness (QED) is 0.468. The number of rotatable bonds is 4. The van der Waals surface area contributed by atoms with E-state index < -0.39 is 0 Å². The van der Waals surface area contributed by atoms with Crippen LogP contribution in [0.25, 0.3) is 22.6 Å². The highest BCUT2D eigenvalue weighted by molar-refractivity contribution is 7.99. The molecule has 0 aliphatic heterocycles. The van der Waals surface area contributed by atoms with Gasteiger partial charge in [0.1, 0.15) is 5.03 Å². The Morgan fingerprint density at radius 1 is 0.893 bits per heavy atom. The molecule has 0 saturated carbocycles. The van der Waals surface area contributed by atoms with Crippen molar-refractivity contribution in [2.24, 2.45) is 0 Å². The molecule has 0 fully saturated rings. The van der Waals surface area contributed by atoms with Gasteiger partial charge in [-0.3, -0.25) is 4.57 Å². The number of nitrogens with zero attached hydrogens (tertiary/aromatic N) is 7. The summed E-state index contributed by atoms with van der Waals surface area (Å²) in [7, 11) is 0. The largest absolute Gasteiger partial charge is 0.287 e. The molecule has 3 heterocycles. The fourth-order valence-corrected chi connectivity index (χ4v) is 3.79. The van der Waals surface area contributed by atoms with E-state index in [1.807, 2.05) is 36.5 Å². The summed E-state index contributed by atoms with van der Waals surface area (Å²) < 4.78 is 3.56. The van der Waals surface area contributed by atoms with Crippen LogP contribution in [-0.2, 0) is 0 Å². The number of tetrazole rings is 1. The number of imidazole rings is 1. The lowest BCUT2D eigenvalue weighted by Gasteiger charge is -2.12. The van der Waals surface area contributed by atoms with Crippen molar-refractivity contribution in [2.75, 3.05) is 0 Å². The molecule has 0 atom stereocenters. The SMILES string of the molecule is Cc1ccc(-n2c(-c3ccccc3)cnc2Sc2ccc3nnnn3n2)cc1. The second-order valence-corrected chi connectivity index (χ2v) is 7.25. The molecule has 0 N–H and O–H groups in total. The summed E-state index contributed by atoms with van der Waals surface area (Å²) in [5.41, 5.74) is 5.00. The molecule has 5 rings (SSSR count). The first kappa shape index (κ1) is 16.6. The number of fused-ring (bicyclic) bond motifs is 1. The van der Waals surface area contributed by atoms with Crippen molar-refractivity contribution in [3.63, 3.8) is 0 Å². The Hall–Kier alpha value is -3.52. The van der Waals surface area contributed by atoms with E-state index in [0.717, 1.165) is 27.1 Å². The molecule has 28 heavy (non-hydrogen) atoms. The van der Waals surface area contributed by atoms with Crippen LogP contribution in [0.2, 0.25) is 0 Å². The summed E-state index contributed by atoms with van der Waals surface area (Å²) in [5.74, 6) is 0. The fraction of sp³-hybridized carbons (Fsp3) is 0.0500. The number of hydrogen-bond donors (Lipinski definition) is 0. The standard InChI is InChI=1S/C20H15N7S/c1-14-7-9-16(10-8-14)26-17(15-5-3-2-4-6-15)13-21-20(26)28-19-12-11-18-22-24-25-27(18)23-19/h2-13H,1H3. The molecule has 136 valence electrons. The van der Waals surface area contributed by atoms with Crippen LogP contribution in [0, 0.1) is 6.92 Å². The van der Waals surface area contributed by atoms with Crippen molar-refractivity contribution < 1.29 is 0 Å². The Labute approximate surface area is 165 Å². The van der Waals surface area contributed by atoms with Crippen molar-refractivity contribution in [1.29, 1.82) is 0 Å². The fourth-order valence-electron chi connectivity index (χ4n) is 2.94. The van der Waals surface area contributed by atoms with Crippen molar-refractivity contribution in [3.05, 3.63) is 78.5 Å². The number of aromatic nitrogens is 7. The molecule has 0 aliphatic carbocycles. The zero-order valence-electron chi connectivity index (χ0n) is 15.0. The van der Waals surface area contributed by atoms with Gasteiger partial charge in [-0.05, 0) is 53.4 Å². The lowest BCUT2D eigenvalue weighted by Crippen LogP contribution is -2.00. The minimum absolute atomic E-state index is 0.608. The summed E-state index contributed by atoms with van der Waals surface area (Å²) in [4.78, 5) is 4.68. The van der Waals surface area contributed by atoms with E-state index in [2.05, 4.69) is 73.5 Å². The van der Waals surface area contributed by atoms with Crippen LogP contribution >= 0.6 is 11.8 Å². The average molecular weight is 385 g/mol. The molecule has 0 unspecified atom stereocenters. The Balaban J connectivity index is 1.62. The third-order valence-electron chi connectivity index (χ3n) is 4.33. The van der Waals surface area contributed by atoms with Crippen LogP contribution in [0.4, 0.5) is 0 Å². The van der Waals surface area contributed by atoms with E-state index >= 15 is 0 Å². The molecule has 7 nitrogen and oxygen atoms in total. The molecule has 3 aromatic heterocycles. The van der Waals surface area contributed by atoms with Crippen LogP contribution in [0.5, 0.6) is 0 Å². The molecule has 8 heteroatoms. The number of aryl methyl sites for hydroxylation is 1. The van der Waals surface area contributed by atoms with E-state index in [0.29, 0.717) is 5.65 Å². The van der Waals surface area contributed by atoms with Gasteiger partial charge in [0.05, 0.1) is 11.9 Å². The predicted molar refractivity (Wildman–Crippen MR) is 106 cm³/mol. The van der Waals surface area contributed by atoms with E-state index in [1.54, 1.807) is 0 Å². The van der Waals surface area contributed by atoms with E-state index in [1.165, 1.54) is 22.0 Å². The van der Waals surface area contributed by atoms with Gasteiger partial charge in [-0.2, -0.15) is 0 Å². The molecule has 0 saturated heterocycles. The third kappa shape index (κ3) is 3.03. The Morgan fingerprint density at radius 3 is 2.54 bits per heavy atom. The van der Waals surface area contributed by atoms with Crippen LogP contribution in [-0.4, -0.2) is 34.8 Å². The summed E-state index contributed by atoms with van der Waals surface area (Å²) >= 11 is 1.47. The van der Waals surface area contributed by atoms with Crippen LogP contribution in [0.3, 0.4) is 0 Å². The van der Waals surface area contributed by atoms with Crippen molar-refractivity contribution in [3.8, 4) is 16.9 Å². The number of benzene rings is 2. The molecule has 2 aromatic carbocycles. The van der Waals surface area contributed by atoms with Gasteiger partial charge in [-0.25, -0.2) is 4.98 Å². The van der Waals surface area contributed by atoms with Crippen LogP contribution in [0.15, 0.2) is 83.1 Å². The highest BCUT2D eigenvalue weighted by atomic mass is 32.2. The van der Waals surface area contributed by atoms with Crippen LogP contribution < -0.4 is 0 Å². The summed E-state index contributed by atoms with van der Waals surface area (Å²) in [6, 6.07) is 22.4. The van der Waals surface area contributed by atoms with Gasteiger partial charge >= 0.3 is 0 Å². The van der Waals surface area contributed by atoms with Gasteiger partial charge < -0.3 is 0 Å². The Kier molecular flexibility index (Phi) is 4.10. The first-order chi connectivity index (χ1) is 13.8. The summed E-state index contributed by atoms with van der Waals surface area (Å²) in [6.45, 7) is 2.08. The van der Waals surface area contributed by atoms with Gasteiger partial charge in [0.15, 0.2) is 10.8 Å². The van der Waals surface area contributed by atoms with Crippen LogP contribution in [0.1, 0.15) is 5.56 Å². The van der Waals surface area contributed by atoms with Gasteiger partial charge in [-0.1, -0.05) is 48.0 Å². The smallest absolute Gasteiger partial charge is 0.200 e. The molecule has 0 aliphatic rings. The summed E-state index contributed by atoms with van der Waals surface area (Å²) in [6.07, 6.45) is 1.90. The molecular weight excluding hydrogens is 370 g/mol. The lowest BCUT2D eigenvalue weighted by atomic mass is 10.1. The second-order valence-electron chi connectivity index (χ2n) is 6.26. The van der Waals surface area contributed by atoms with E-state index in [-0.39, 0.29) is 0 Å². The number of hydrogen-bond acceptors (Lipinski definition) is 6. The first-order valence-electron chi connectivity index (χ1n) is 8.71. The van der Waals surface area contributed by atoms with Gasteiger partial charge in [0, 0.05) is 11.3 Å². The lowest BCUT2D eigenvalue weighted by molar-refractivity contribution is 0.701.